The molecule has 3 rings (SSSR count). The first kappa shape index (κ1) is 26.4. The molecule has 0 radical (unpaired) electrons. The first-order valence-electron chi connectivity index (χ1n) is 12.2. The zero-order valence-corrected chi connectivity index (χ0v) is 21.7. The van der Waals surface area contributed by atoms with Crippen molar-refractivity contribution < 1.29 is 13.2 Å². The van der Waals surface area contributed by atoms with Gasteiger partial charge in [0.05, 0.1) is 4.90 Å². The van der Waals surface area contributed by atoms with Gasteiger partial charge in [-0.25, -0.2) is 8.42 Å². The Bertz CT molecular complexity index is 1060. The average molecular weight is 486 g/mol. The number of carbonyl (C=O) groups is 1. The summed E-state index contributed by atoms with van der Waals surface area (Å²) in [5, 5.41) is 0. The minimum absolute atomic E-state index is 0.0338. The molecule has 186 valence electrons. The third kappa shape index (κ3) is 6.26. The maximum atomic E-state index is 13.5. The second-order valence-electron chi connectivity index (χ2n) is 10.0. The van der Waals surface area contributed by atoms with E-state index in [2.05, 4.69) is 25.5 Å². The van der Waals surface area contributed by atoms with E-state index in [4.69, 9.17) is 5.73 Å². The molecule has 1 fully saturated rings. The Morgan fingerprint density at radius 1 is 1.06 bits per heavy atom. The maximum Gasteiger partial charge on any atom is 0.241 e. The van der Waals surface area contributed by atoms with Gasteiger partial charge in [0.15, 0.2) is 0 Å². The highest BCUT2D eigenvalue weighted by Crippen LogP contribution is 2.28. The predicted molar refractivity (Wildman–Crippen MR) is 137 cm³/mol. The van der Waals surface area contributed by atoms with Crippen molar-refractivity contribution in [3.8, 4) is 0 Å². The van der Waals surface area contributed by atoms with Crippen LogP contribution in [-0.4, -0.2) is 38.4 Å². The molecule has 1 amide bonds. The highest BCUT2D eigenvalue weighted by atomic mass is 32.2. The second kappa shape index (κ2) is 11.0. The van der Waals surface area contributed by atoms with Gasteiger partial charge >= 0.3 is 0 Å². The molecule has 1 saturated carbocycles. The van der Waals surface area contributed by atoms with Crippen LogP contribution in [0.25, 0.3) is 0 Å². The predicted octanol–water partition coefficient (Wildman–Crippen LogP) is 4.12. The summed E-state index contributed by atoms with van der Waals surface area (Å²) in [5.41, 5.74) is 8.63. The van der Waals surface area contributed by atoms with Crippen molar-refractivity contribution in [1.29, 1.82) is 0 Å². The number of nitrogens with one attached hydrogen (secondary N) is 1. The lowest BCUT2D eigenvalue weighted by Gasteiger charge is -2.29. The maximum absolute atomic E-state index is 13.5. The van der Waals surface area contributed by atoms with Crippen LogP contribution >= 0.6 is 0 Å². The number of sulfonamides is 1. The third-order valence-corrected chi connectivity index (χ3v) is 8.83. The number of hydrogen-bond donors (Lipinski definition) is 2. The molecular formula is C27H39N3O3S. The Hall–Kier alpha value is -2.22. The molecule has 0 aromatic heterocycles. The van der Waals surface area contributed by atoms with E-state index in [-0.39, 0.29) is 28.7 Å². The lowest BCUT2D eigenvalue weighted by Crippen LogP contribution is -2.50. The minimum atomic E-state index is -3.88. The van der Waals surface area contributed by atoms with Crippen molar-refractivity contribution in [3.05, 3.63) is 65.2 Å². The monoisotopic (exact) mass is 485 g/mol. The fraction of sp³-hybridized carbons (Fsp3) is 0.519. The summed E-state index contributed by atoms with van der Waals surface area (Å²) in [6.45, 7) is 6.82. The molecule has 7 heteroatoms. The molecule has 1 aliphatic rings. The van der Waals surface area contributed by atoms with Gasteiger partial charge in [-0.3, -0.25) is 4.79 Å². The Labute approximate surface area is 205 Å². The molecule has 0 spiro atoms. The fourth-order valence-electron chi connectivity index (χ4n) is 4.49. The summed E-state index contributed by atoms with van der Waals surface area (Å²) in [7, 11) is -2.09. The molecule has 6 nitrogen and oxygen atoms in total. The number of hydrogen-bond acceptors (Lipinski definition) is 4. The molecule has 0 saturated heterocycles. The molecule has 2 aromatic carbocycles. The summed E-state index contributed by atoms with van der Waals surface area (Å²) in [4.78, 5) is 15.4. The van der Waals surface area contributed by atoms with Gasteiger partial charge in [-0.2, -0.15) is 4.72 Å². The van der Waals surface area contributed by atoms with Crippen molar-refractivity contribution in [2.45, 2.75) is 88.2 Å². The lowest BCUT2D eigenvalue weighted by molar-refractivity contribution is -0.133. The van der Waals surface area contributed by atoms with Gasteiger partial charge in [-0.05, 0) is 59.9 Å². The van der Waals surface area contributed by atoms with Crippen molar-refractivity contribution in [2.24, 2.45) is 5.73 Å². The molecule has 2 aromatic rings. The number of likely N-dealkylation sites (N-methyl/N-ethyl adjacent to an activating group) is 1. The van der Waals surface area contributed by atoms with Crippen LogP contribution in [0.4, 0.5) is 0 Å². The van der Waals surface area contributed by atoms with Gasteiger partial charge in [0.25, 0.3) is 0 Å². The zero-order chi connectivity index (χ0) is 24.9. The van der Waals surface area contributed by atoms with Crippen molar-refractivity contribution in [2.75, 3.05) is 7.05 Å². The lowest BCUT2D eigenvalue weighted by atomic mass is 9.82. The van der Waals surface area contributed by atoms with Crippen LogP contribution < -0.4 is 10.5 Å². The van der Waals surface area contributed by atoms with E-state index >= 15 is 0 Å². The molecule has 0 bridgehead atoms. The Morgan fingerprint density at radius 3 is 2.15 bits per heavy atom. The smallest absolute Gasteiger partial charge is 0.241 e. The molecule has 34 heavy (non-hydrogen) atoms. The summed E-state index contributed by atoms with van der Waals surface area (Å²) >= 11 is 0. The van der Waals surface area contributed by atoms with Crippen LogP contribution in [-0.2, 0) is 33.2 Å². The molecule has 1 aliphatic carbocycles. The van der Waals surface area contributed by atoms with E-state index < -0.39 is 16.1 Å². The van der Waals surface area contributed by atoms with E-state index in [1.807, 2.05) is 36.4 Å². The van der Waals surface area contributed by atoms with Gasteiger partial charge in [0, 0.05) is 19.6 Å². The van der Waals surface area contributed by atoms with Gasteiger partial charge < -0.3 is 10.6 Å². The fourth-order valence-corrected chi connectivity index (χ4v) is 5.68. The number of nitrogens with two attached hydrogens (primary N) is 1. The SMILES string of the molecule is CCC(C)(C)c1ccc(S(=O)(=O)N[C@@H](Cc2ccc(CN)cc2)C(=O)N(C)C2CCCC2)cc1. The third-order valence-electron chi connectivity index (χ3n) is 7.34. The molecule has 3 N–H and O–H groups in total. The van der Waals surface area contributed by atoms with Crippen LogP contribution in [0.3, 0.4) is 0 Å². The number of rotatable bonds is 10. The normalized spacial score (nSPS) is 15.9. The van der Waals surface area contributed by atoms with Gasteiger partial charge in [0.2, 0.25) is 15.9 Å². The molecular weight excluding hydrogens is 446 g/mol. The molecule has 0 unspecified atom stereocenters. The first-order chi connectivity index (χ1) is 16.1. The van der Waals surface area contributed by atoms with E-state index in [1.54, 1.807) is 24.1 Å². The largest absolute Gasteiger partial charge is 0.341 e. The zero-order valence-electron chi connectivity index (χ0n) is 20.9. The molecule has 0 aliphatic heterocycles. The Kier molecular flexibility index (Phi) is 8.55. The van der Waals surface area contributed by atoms with Crippen LogP contribution in [0.2, 0.25) is 0 Å². The number of carbonyl (C=O) groups excluding carboxylic acids is 1. The van der Waals surface area contributed by atoms with Crippen LogP contribution in [0.15, 0.2) is 53.4 Å². The highest BCUT2D eigenvalue weighted by Gasteiger charge is 2.32. The Morgan fingerprint density at radius 2 is 1.62 bits per heavy atom. The standard InChI is InChI=1S/C27H39N3O3S/c1-5-27(2,3)22-14-16-24(17-15-22)34(32,33)29-25(18-20-10-12-21(19-28)13-11-20)26(31)30(4)23-8-6-7-9-23/h10-17,23,25,29H,5-9,18-19,28H2,1-4H3/t25-/m0/s1. The summed E-state index contributed by atoms with van der Waals surface area (Å²) in [6.07, 6.45) is 5.34. The summed E-state index contributed by atoms with van der Waals surface area (Å²) < 4.78 is 29.3. The van der Waals surface area contributed by atoms with E-state index in [9.17, 15) is 13.2 Å². The van der Waals surface area contributed by atoms with Crippen LogP contribution in [0.5, 0.6) is 0 Å². The van der Waals surface area contributed by atoms with Crippen LogP contribution in [0, 0.1) is 0 Å². The molecule has 0 heterocycles. The van der Waals surface area contributed by atoms with Gasteiger partial charge in [-0.15, -0.1) is 0 Å². The quantitative estimate of drug-likeness (QED) is 0.529. The van der Waals surface area contributed by atoms with Crippen LogP contribution in [0.1, 0.15) is 69.6 Å². The van der Waals surface area contributed by atoms with E-state index in [0.717, 1.165) is 48.8 Å². The summed E-state index contributed by atoms with van der Waals surface area (Å²) in [6, 6.07) is 13.9. The average Bonchev–Trinajstić information content (AvgIpc) is 3.38. The van der Waals surface area contributed by atoms with Gasteiger partial charge in [-0.1, -0.05) is 70.0 Å². The first-order valence-corrected chi connectivity index (χ1v) is 13.7. The minimum Gasteiger partial charge on any atom is -0.341 e. The summed E-state index contributed by atoms with van der Waals surface area (Å²) in [5.74, 6) is -0.192. The van der Waals surface area contributed by atoms with Crippen molar-refractivity contribution >= 4 is 15.9 Å². The number of amides is 1. The highest BCUT2D eigenvalue weighted by molar-refractivity contribution is 7.89. The second-order valence-corrected chi connectivity index (χ2v) is 11.8. The Balaban J connectivity index is 1.85. The number of benzene rings is 2. The van der Waals surface area contributed by atoms with Crippen molar-refractivity contribution in [3.63, 3.8) is 0 Å². The van der Waals surface area contributed by atoms with Gasteiger partial charge in [0.1, 0.15) is 6.04 Å². The van der Waals surface area contributed by atoms with Crippen molar-refractivity contribution in [1.82, 2.24) is 9.62 Å². The molecule has 1 atom stereocenters. The number of nitrogens with zero attached hydrogens (tertiary/aromatic N) is 1. The van der Waals surface area contributed by atoms with E-state index in [0.29, 0.717) is 6.54 Å². The topological polar surface area (TPSA) is 92.5 Å². The van der Waals surface area contributed by atoms with E-state index in [1.165, 1.54) is 0 Å².